The molecule has 1 N–H and O–H groups in total. The second kappa shape index (κ2) is 5.05. The van der Waals surface area contributed by atoms with Crippen LogP contribution in [0.2, 0.25) is 0 Å². The van der Waals surface area contributed by atoms with Gasteiger partial charge in [-0.15, -0.1) is 0 Å². The molecule has 0 amide bonds. The predicted molar refractivity (Wildman–Crippen MR) is 73.9 cm³/mol. The number of hydrogen-bond acceptors (Lipinski definition) is 3. The van der Waals surface area contributed by atoms with Gasteiger partial charge < -0.3 is 9.72 Å². The third kappa shape index (κ3) is 2.49. The zero-order valence-corrected chi connectivity index (χ0v) is 11.1. The van der Waals surface area contributed by atoms with Gasteiger partial charge in [-0.3, -0.25) is 9.69 Å². The molecule has 4 nitrogen and oxygen atoms in total. The maximum absolute atomic E-state index is 10.8. The van der Waals surface area contributed by atoms with E-state index in [2.05, 4.69) is 34.1 Å². The van der Waals surface area contributed by atoms with E-state index in [1.54, 1.807) is 0 Å². The monoisotopic (exact) mass is 258 g/mol. The van der Waals surface area contributed by atoms with Crippen molar-refractivity contribution in [3.8, 4) is 0 Å². The third-order valence-corrected chi connectivity index (χ3v) is 3.67. The number of rotatable bonds is 3. The Labute approximate surface area is 112 Å². The van der Waals surface area contributed by atoms with Gasteiger partial charge in [-0.2, -0.15) is 0 Å². The van der Waals surface area contributed by atoms with E-state index in [0.29, 0.717) is 6.61 Å². The highest BCUT2D eigenvalue weighted by Crippen LogP contribution is 2.27. The topological polar surface area (TPSA) is 45.3 Å². The van der Waals surface area contributed by atoms with Crippen molar-refractivity contribution in [3.05, 3.63) is 35.5 Å². The lowest BCUT2D eigenvalue weighted by Crippen LogP contribution is -2.33. The van der Waals surface area contributed by atoms with Crippen LogP contribution in [0, 0.1) is 0 Å². The smallest absolute Gasteiger partial charge is 0.302 e. The van der Waals surface area contributed by atoms with E-state index in [1.165, 1.54) is 29.1 Å². The van der Waals surface area contributed by atoms with Crippen molar-refractivity contribution in [1.29, 1.82) is 0 Å². The second-order valence-corrected chi connectivity index (χ2v) is 4.99. The van der Waals surface area contributed by atoms with Crippen LogP contribution in [0.25, 0.3) is 10.9 Å². The third-order valence-electron chi connectivity index (χ3n) is 3.67. The number of hydrogen-bond donors (Lipinski definition) is 1. The van der Waals surface area contributed by atoms with Gasteiger partial charge in [0.05, 0.1) is 0 Å². The average Bonchev–Trinajstić information content (AvgIpc) is 2.76. The maximum atomic E-state index is 10.8. The molecule has 1 aromatic heterocycles. The number of nitrogens with one attached hydrogen (secondary N) is 1. The lowest BCUT2D eigenvalue weighted by atomic mass is 10.0. The van der Waals surface area contributed by atoms with Crippen LogP contribution in [-0.2, 0) is 22.5 Å². The molecule has 4 heteroatoms. The molecule has 0 saturated carbocycles. The highest BCUT2D eigenvalue weighted by atomic mass is 16.5. The molecule has 1 aliphatic heterocycles. The minimum absolute atomic E-state index is 0.205. The van der Waals surface area contributed by atoms with Crippen molar-refractivity contribution in [1.82, 2.24) is 9.88 Å². The molecule has 2 heterocycles. The zero-order chi connectivity index (χ0) is 13.2. The fraction of sp³-hybridized carbons (Fsp3) is 0.400. The molecule has 0 radical (unpaired) electrons. The molecule has 0 fully saturated rings. The lowest BCUT2D eigenvalue weighted by molar-refractivity contribution is -0.141. The summed E-state index contributed by atoms with van der Waals surface area (Å²) in [5.74, 6) is -0.205. The van der Waals surface area contributed by atoms with Crippen molar-refractivity contribution in [2.45, 2.75) is 19.9 Å². The van der Waals surface area contributed by atoms with Crippen LogP contribution in [0.5, 0.6) is 0 Å². The number of esters is 1. The summed E-state index contributed by atoms with van der Waals surface area (Å²) in [6.07, 6.45) is 1.05. The number of benzene rings is 1. The molecule has 1 aromatic carbocycles. The molecule has 2 aromatic rings. The lowest BCUT2D eigenvalue weighted by Gasteiger charge is -2.26. The molecule has 0 unspecified atom stereocenters. The number of ether oxygens (including phenoxy) is 1. The molecular weight excluding hydrogens is 240 g/mol. The molecule has 0 bridgehead atoms. The van der Waals surface area contributed by atoms with E-state index in [-0.39, 0.29) is 5.97 Å². The van der Waals surface area contributed by atoms with E-state index in [4.69, 9.17) is 4.74 Å². The SMILES string of the molecule is CC(=O)OCCN1CCc2c([nH]c3ccccc23)C1. The highest BCUT2D eigenvalue weighted by Gasteiger charge is 2.20. The number of aromatic amines is 1. The fourth-order valence-corrected chi connectivity index (χ4v) is 2.76. The second-order valence-electron chi connectivity index (χ2n) is 4.99. The predicted octanol–water partition coefficient (Wildman–Crippen LogP) is 2.09. The Kier molecular flexibility index (Phi) is 3.25. The van der Waals surface area contributed by atoms with Crippen LogP contribution in [0.15, 0.2) is 24.3 Å². The standard InChI is InChI=1S/C15H18N2O2/c1-11(18)19-9-8-17-7-6-13-12-4-2-3-5-14(12)16-15(13)10-17/h2-5,16H,6-10H2,1H3. The molecule has 100 valence electrons. The summed E-state index contributed by atoms with van der Waals surface area (Å²) in [4.78, 5) is 16.6. The summed E-state index contributed by atoms with van der Waals surface area (Å²) >= 11 is 0. The van der Waals surface area contributed by atoms with Crippen molar-refractivity contribution in [2.24, 2.45) is 0 Å². The molecule has 0 saturated heterocycles. The minimum Gasteiger partial charge on any atom is -0.465 e. The molecule has 1 aliphatic rings. The average molecular weight is 258 g/mol. The highest BCUT2D eigenvalue weighted by molar-refractivity contribution is 5.84. The largest absolute Gasteiger partial charge is 0.465 e. The quantitative estimate of drug-likeness (QED) is 0.857. The van der Waals surface area contributed by atoms with Gasteiger partial charge in [-0.1, -0.05) is 18.2 Å². The Balaban J connectivity index is 1.71. The first-order chi connectivity index (χ1) is 9.24. The molecule has 3 rings (SSSR count). The van der Waals surface area contributed by atoms with Crippen LogP contribution >= 0.6 is 0 Å². The maximum Gasteiger partial charge on any atom is 0.302 e. The summed E-state index contributed by atoms with van der Waals surface area (Å²) in [7, 11) is 0. The van der Waals surface area contributed by atoms with Crippen LogP contribution in [0.3, 0.4) is 0 Å². The van der Waals surface area contributed by atoms with Crippen LogP contribution in [0.4, 0.5) is 0 Å². The normalized spacial score (nSPS) is 15.4. The van der Waals surface area contributed by atoms with E-state index in [1.807, 2.05) is 0 Å². The van der Waals surface area contributed by atoms with Crippen LogP contribution in [-0.4, -0.2) is 35.5 Å². The summed E-state index contributed by atoms with van der Waals surface area (Å²) in [6.45, 7) is 4.66. The fourth-order valence-electron chi connectivity index (χ4n) is 2.76. The molecular formula is C15H18N2O2. The molecule has 0 atom stereocenters. The van der Waals surface area contributed by atoms with Gasteiger partial charge in [0.25, 0.3) is 0 Å². The summed E-state index contributed by atoms with van der Waals surface area (Å²) in [6, 6.07) is 8.45. The number of carbonyl (C=O) groups excluding carboxylic acids is 1. The first-order valence-corrected chi connectivity index (χ1v) is 6.68. The van der Waals surface area contributed by atoms with E-state index in [0.717, 1.165) is 26.1 Å². The van der Waals surface area contributed by atoms with Gasteiger partial charge in [-0.25, -0.2) is 0 Å². The first-order valence-electron chi connectivity index (χ1n) is 6.68. The number of H-pyrrole nitrogens is 1. The van der Waals surface area contributed by atoms with Crippen LogP contribution < -0.4 is 0 Å². The molecule has 19 heavy (non-hydrogen) atoms. The Bertz CT molecular complexity index is 603. The number of nitrogens with zero attached hydrogens (tertiary/aromatic N) is 1. The summed E-state index contributed by atoms with van der Waals surface area (Å²) in [5, 5.41) is 1.34. The molecule has 0 spiro atoms. The zero-order valence-electron chi connectivity index (χ0n) is 11.1. The van der Waals surface area contributed by atoms with Crippen LogP contribution in [0.1, 0.15) is 18.2 Å². The van der Waals surface area contributed by atoms with Gasteiger partial charge >= 0.3 is 5.97 Å². The number of fused-ring (bicyclic) bond motifs is 3. The van der Waals surface area contributed by atoms with E-state index < -0.39 is 0 Å². The van der Waals surface area contributed by atoms with Crippen molar-refractivity contribution >= 4 is 16.9 Å². The minimum atomic E-state index is -0.205. The first kappa shape index (κ1) is 12.2. The number of para-hydroxylation sites is 1. The molecule has 0 aliphatic carbocycles. The van der Waals surface area contributed by atoms with Gasteiger partial charge in [0.1, 0.15) is 6.61 Å². The number of aromatic nitrogens is 1. The van der Waals surface area contributed by atoms with Crippen molar-refractivity contribution in [2.75, 3.05) is 19.7 Å². The van der Waals surface area contributed by atoms with Gasteiger partial charge in [0, 0.05) is 43.2 Å². The Morgan fingerprint density at radius 2 is 2.26 bits per heavy atom. The van der Waals surface area contributed by atoms with Crippen molar-refractivity contribution < 1.29 is 9.53 Å². The Hall–Kier alpha value is -1.81. The van der Waals surface area contributed by atoms with Gasteiger partial charge in [-0.05, 0) is 18.1 Å². The van der Waals surface area contributed by atoms with Crippen molar-refractivity contribution in [3.63, 3.8) is 0 Å². The summed E-state index contributed by atoms with van der Waals surface area (Å²) in [5.41, 5.74) is 3.96. The van der Waals surface area contributed by atoms with Gasteiger partial charge in [0.15, 0.2) is 0 Å². The van der Waals surface area contributed by atoms with Gasteiger partial charge in [0.2, 0.25) is 0 Å². The van der Waals surface area contributed by atoms with E-state index >= 15 is 0 Å². The summed E-state index contributed by atoms with van der Waals surface area (Å²) < 4.78 is 5.00. The Morgan fingerprint density at radius 1 is 1.42 bits per heavy atom. The Morgan fingerprint density at radius 3 is 3.11 bits per heavy atom. The number of carbonyl (C=O) groups is 1. The van der Waals surface area contributed by atoms with E-state index in [9.17, 15) is 4.79 Å².